The number of nitrogens with zero attached hydrogens (tertiary/aromatic N) is 1. The van der Waals surface area contributed by atoms with E-state index in [0.29, 0.717) is 20.9 Å². The van der Waals surface area contributed by atoms with Gasteiger partial charge in [0.1, 0.15) is 4.60 Å². The third kappa shape index (κ3) is 3.31. The zero-order valence-corrected chi connectivity index (χ0v) is 12.9. The Morgan fingerprint density at radius 3 is 2.67 bits per heavy atom. The maximum atomic E-state index is 11.9. The molecule has 92 valence electrons. The number of hydrogen-bond donors (Lipinski definition) is 1. The van der Waals surface area contributed by atoms with E-state index in [1.807, 2.05) is 0 Å². The molecule has 18 heavy (non-hydrogen) atoms. The Hall–Kier alpha value is -0.910. The fourth-order valence-electron chi connectivity index (χ4n) is 1.32. The lowest BCUT2D eigenvalue weighted by molar-refractivity contribution is 0.102. The number of amides is 1. The van der Waals surface area contributed by atoms with Crippen LogP contribution in [0.2, 0.25) is 5.02 Å². The van der Waals surface area contributed by atoms with Crippen LogP contribution in [0.25, 0.3) is 0 Å². The fraction of sp³-hybridized carbons (Fsp3) is 0. The van der Waals surface area contributed by atoms with E-state index >= 15 is 0 Å². The van der Waals surface area contributed by atoms with Gasteiger partial charge in [-0.05, 0) is 62.2 Å². The van der Waals surface area contributed by atoms with Crippen molar-refractivity contribution in [3.8, 4) is 0 Å². The van der Waals surface area contributed by atoms with Crippen LogP contribution >= 0.6 is 43.5 Å². The van der Waals surface area contributed by atoms with Crippen molar-refractivity contribution in [1.82, 2.24) is 4.98 Å². The molecule has 0 atom stereocenters. The molecule has 0 radical (unpaired) electrons. The summed E-state index contributed by atoms with van der Waals surface area (Å²) in [7, 11) is 0. The normalized spacial score (nSPS) is 10.2. The lowest BCUT2D eigenvalue weighted by atomic mass is 10.2. The first-order chi connectivity index (χ1) is 8.56. The van der Waals surface area contributed by atoms with Crippen LogP contribution in [0.5, 0.6) is 0 Å². The molecule has 0 saturated heterocycles. The van der Waals surface area contributed by atoms with Crippen LogP contribution in [0, 0.1) is 0 Å². The number of benzene rings is 1. The first-order valence-electron chi connectivity index (χ1n) is 4.94. The summed E-state index contributed by atoms with van der Waals surface area (Å²) in [5.74, 6) is -0.212. The Balaban J connectivity index is 2.18. The number of aromatic nitrogens is 1. The van der Waals surface area contributed by atoms with Crippen molar-refractivity contribution in [2.75, 3.05) is 5.32 Å². The second kappa shape index (κ2) is 5.82. The van der Waals surface area contributed by atoms with E-state index in [1.54, 1.807) is 36.5 Å². The number of hydrogen-bond acceptors (Lipinski definition) is 2. The zero-order valence-electron chi connectivity index (χ0n) is 8.95. The van der Waals surface area contributed by atoms with Crippen LogP contribution in [-0.4, -0.2) is 10.9 Å². The molecule has 0 bridgehead atoms. The summed E-state index contributed by atoms with van der Waals surface area (Å²) in [6, 6.07) is 8.51. The second-order valence-electron chi connectivity index (χ2n) is 3.45. The molecular weight excluding hydrogens is 383 g/mol. The number of carbonyl (C=O) groups is 1. The SMILES string of the molecule is O=C(Nc1ccc(Br)c(Cl)c1)c1ccnc(Br)c1. The summed E-state index contributed by atoms with van der Waals surface area (Å²) in [6.45, 7) is 0. The molecule has 0 spiro atoms. The maximum Gasteiger partial charge on any atom is 0.255 e. The van der Waals surface area contributed by atoms with Crippen molar-refractivity contribution in [2.24, 2.45) is 0 Å². The summed E-state index contributed by atoms with van der Waals surface area (Å²) in [5.41, 5.74) is 1.16. The number of pyridine rings is 1. The number of nitrogens with one attached hydrogen (secondary N) is 1. The van der Waals surface area contributed by atoms with Gasteiger partial charge in [-0.1, -0.05) is 11.6 Å². The lowest BCUT2D eigenvalue weighted by Crippen LogP contribution is -2.11. The van der Waals surface area contributed by atoms with E-state index < -0.39 is 0 Å². The minimum atomic E-state index is -0.212. The van der Waals surface area contributed by atoms with Gasteiger partial charge in [0, 0.05) is 21.9 Å². The van der Waals surface area contributed by atoms with E-state index in [-0.39, 0.29) is 5.91 Å². The van der Waals surface area contributed by atoms with Crippen LogP contribution < -0.4 is 5.32 Å². The standard InChI is InChI=1S/C12H7Br2ClN2O/c13-9-2-1-8(6-10(9)15)17-12(18)7-3-4-16-11(14)5-7/h1-6H,(H,17,18). The highest BCUT2D eigenvalue weighted by Crippen LogP contribution is 2.25. The van der Waals surface area contributed by atoms with E-state index in [4.69, 9.17) is 11.6 Å². The maximum absolute atomic E-state index is 11.9. The Labute approximate surface area is 126 Å². The van der Waals surface area contributed by atoms with Crippen molar-refractivity contribution in [2.45, 2.75) is 0 Å². The summed E-state index contributed by atoms with van der Waals surface area (Å²) < 4.78 is 1.40. The van der Waals surface area contributed by atoms with Gasteiger partial charge in [-0.15, -0.1) is 0 Å². The average molecular weight is 390 g/mol. The monoisotopic (exact) mass is 388 g/mol. The Morgan fingerprint density at radius 1 is 1.22 bits per heavy atom. The first kappa shape index (κ1) is 13.5. The molecule has 1 aromatic heterocycles. The highest BCUT2D eigenvalue weighted by atomic mass is 79.9. The summed E-state index contributed by atoms with van der Waals surface area (Å²) >= 11 is 12.5. The van der Waals surface area contributed by atoms with Gasteiger partial charge in [0.25, 0.3) is 5.91 Å². The van der Waals surface area contributed by atoms with Crippen LogP contribution in [-0.2, 0) is 0 Å². The van der Waals surface area contributed by atoms with Gasteiger partial charge in [-0.25, -0.2) is 4.98 Å². The molecule has 0 fully saturated rings. The lowest BCUT2D eigenvalue weighted by Gasteiger charge is -2.06. The largest absolute Gasteiger partial charge is 0.322 e. The highest BCUT2D eigenvalue weighted by Gasteiger charge is 2.07. The average Bonchev–Trinajstić information content (AvgIpc) is 2.34. The quantitative estimate of drug-likeness (QED) is 0.767. The Bertz CT molecular complexity index is 604. The predicted molar refractivity (Wildman–Crippen MR) is 79.0 cm³/mol. The Kier molecular flexibility index (Phi) is 4.37. The molecule has 0 aliphatic rings. The molecule has 2 aromatic rings. The zero-order chi connectivity index (χ0) is 13.1. The van der Waals surface area contributed by atoms with Crippen molar-refractivity contribution in [1.29, 1.82) is 0 Å². The summed E-state index contributed by atoms with van der Waals surface area (Å²) in [4.78, 5) is 15.9. The van der Waals surface area contributed by atoms with E-state index in [1.165, 1.54) is 0 Å². The summed E-state index contributed by atoms with van der Waals surface area (Å²) in [6.07, 6.45) is 1.56. The van der Waals surface area contributed by atoms with Gasteiger partial charge >= 0.3 is 0 Å². The molecule has 1 heterocycles. The Morgan fingerprint density at radius 2 is 2.00 bits per heavy atom. The molecule has 2 rings (SSSR count). The third-order valence-electron chi connectivity index (χ3n) is 2.17. The van der Waals surface area contributed by atoms with Crippen molar-refractivity contribution in [3.05, 3.63) is 56.2 Å². The van der Waals surface area contributed by atoms with Crippen LogP contribution in [0.1, 0.15) is 10.4 Å². The smallest absolute Gasteiger partial charge is 0.255 e. The van der Waals surface area contributed by atoms with Crippen molar-refractivity contribution in [3.63, 3.8) is 0 Å². The minimum Gasteiger partial charge on any atom is -0.322 e. The van der Waals surface area contributed by atoms with Crippen molar-refractivity contribution < 1.29 is 4.79 Å². The molecule has 1 aromatic carbocycles. The topological polar surface area (TPSA) is 42.0 Å². The van der Waals surface area contributed by atoms with Gasteiger partial charge in [0.2, 0.25) is 0 Å². The molecular formula is C12H7Br2ClN2O. The summed E-state index contributed by atoms with van der Waals surface area (Å²) in [5, 5.41) is 3.31. The molecule has 0 aliphatic heterocycles. The number of rotatable bonds is 2. The van der Waals surface area contributed by atoms with Gasteiger partial charge in [0.05, 0.1) is 5.02 Å². The molecule has 3 nitrogen and oxygen atoms in total. The molecule has 1 amide bonds. The van der Waals surface area contributed by atoms with Gasteiger partial charge in [0.15, 0.2) is 0 Å². The number of carbonyl (C=O) groups excluding carboxylic acids is 1. The van der Waals surface area contributed by atoms with E-state index in [0.717, 1.165) is 4.47 Å². The molecule has 0 unspecified atom stereocenters. The molecule has 0 saturated carbocycles. The molecule has 1 N–H and O–H groups in total. The second-order valence-corrected chi connectivity index (χ2v) is 5.52. The third-order valence-corrected chi connectivity index (χ3v) is 3.83. The fourth-order valence-corrected chi connectivity index (χ4v) is 2.11. The van der Waals surface area contributed by atoms with Gasteiger partial charge < -0.3 is 5.32 Å². The number of halogens is 3. The van der Waals surface area contributed by atoms with Gasteiger partial charge in [-0.2, -0.15) is 0 Å². The van der Waals surface area contributed by atoms with Crippen LogP contribution in [0.4, 0.5) is 5.69 Å². The number of anilines is 1. The van der Waals surface area contributed by atoms with Crippen LogP contribution in [0.15, 0.2) is 45.6 Å². The molecule has 6 heteroatoms. The molecule has 0 aliphatic carbocycles. The van der Waals surface area contributed by atoms with E-state index in [2.05, 4.69) is 42.2 Å². The minimum absolute atomic E-state index is 0.212. The van der Waals surface area contributed by atoms with Gasteiger partial charge in [-0.3, -0.25) is 4.79 Å². The van der Waals surface area contributed by atoms with Crippen molar-refractivity contribution >= 4 is 55.1 Å². The predicted octanol–water partition coefficient (Wildman–Crippen LogP) is 4.51. The highest BCUT2D eigenvalue weighted by molar-refractivity contribution is 9.10. The first-order valence-corrected chi connectivity index (χ1v) is 6.90. The van der Waals surface area contributed by atoms with E-state index in [9.17, 15) is 4.79 Å². The van der Waals surface area contributed by atoms with Crippen LogP contribution in [0.3, 0.4) is 0 Å².